The Morgan fingerprint density at radius 2 is 2.24 bits per heavy atom. The van der Waals surface area contributed by atoms with Gasteiger partial charge in [0, 0.05) is 31.8 Å². The molecular formula is C17H21N3O4S. The topological polar surface area (TPSA) is 96.5 Å². The smallest absolute Gasteiger partial charge is 0.303 e. The molecular weight excluding hydrogens is 342 g/mol. The zero-order valence-corrected chi connectivity index (χ0v) is 14.7. The van der Waals surface area contributed by atoms with Crippen molar-refractivity contribution in [3.63, 3.8) is 0 Å². The van der Waals surface area contributed by atoms with Gasteiger partial charge in [0.15, 0.2) is 0 Å². The summed E-state index contributed by atoms with van der Waals surface area (Å²) in [7, 11) is 0. The summed E-state index contributed by atoms with van der Waals surface area (Å²) < 4.78 is 5.23. The molecule has 1 N–H and O–H groups in total. The Bertz CT molecular complexity index is 713. The zero-order valence-electron chi connectivity index (χ0n) is 13.9. The number of carbonyl (C=O) groups excluding carboxylic acids is 1. The van der Waals surface area contributed by atoms with E-state index in [1.165, 1.54) is 11.3 Å². The van der Waals surface area contributed by atoms with Crippen molar-refractivity contribution in [2.45, 2.75) is 51.0 Å². The van der Waals surface area contributed by atoms with Gasteiger partial charge < -0.3 is 14.5 Å². The fourth-order valence-corrected chi connectivity index (χ4v) is 3.79. The first-order valence-corrected chi connectivity index (χ1v) is 9.39. The first-order chi connectivity index (χ1) is 12.1. The van der Waals surface area contributed by atoms with Crippen LogP contribution in [0.1, 0.15) is 44.4 Å². The predicted octanol–water partition coefficient (Wildman–Crippen LogP) is 2.98. The lowest BCUT2D eigenvalue weighted by atomic mass is 9.97. The molecule has 3 heterocycles. The molecule has 0 bridgehead atoms. The fraction of sp³-hybridized carbons (Fsp3) is 0.529. The van der Waals surface area contributed by atoms with Crippen LogP contribution in [0, 0.1) is 0 Å². The molecule has 2 aromatic rings. The summed E-state index contributed by atoms with van der Waals surface area (Å²) in [4.78, 5) is 30.5. The predicted molar refractivity (Wildman–Crippen MR) is 92.2 cm³/mol. The van der Waals surface area contributed by atoms with Gasteiger partial charge >= 0.3 is 5.97 Å². The molecule has 3 rings (SSSR count). The van der Waals surface area contributed by atoms with Crippen LogP contribution in [0.2, 0.25) is 0 Å². The highest BCUT2D eigenvalue weighted by atomic mass is 32.1. The maximum atomic E-state index is 12.6. The SMILES string of the molecule is O=C(O)CCC1CCCCN1C(=O)CCc1nc(-c2cccs2)no1. The summed E-state index contributed by atoms with van der Waals surface area (Å²) in [6.45, 7) is 0.702. The summed E-state index contributed by atoms with van der Waals surface area (Å²) in [5.74, 6) is 0.224. The van der Waals surface area contributed by atoms with E-state index in [9.17, 15) is 9.59 Å². The van der Waals surface area contributed by atoms with E-state index >= 15 is 0 Å². The molecule has 2 aromatic heterocycles. The van der Waals surface area contributed by atoms with Gasteiger partial charge in [0.25, 0.3) is 0 Å². The van der Waals surface area contributed by atoms with Crippen LogP contribution in [-0.4, -0.2) is 44.6 Å². The van der Waals surface area contributed by atoms with Crippen LogP contribution in [0.3, 0.4) is 0 Å². The normalized spacial score (nSPS) is 17.6. The van der Waals surface area contributed by atoms with Gasteiger partial charge in [-0.1, -0.05) is 11.2 Å². The number of amides is 1. The summed E-state index contributed by atoms with van der Waals surface area (Å²) >= 11 is 1.54. The van der Waals surface area contributed by atoms with Crippen molar-refractivity contribution >= 4 is 23.2 Å². The molecule has 1 unspecified atom stereocenters. The van der Waals surface area contributed by atoms with Gasteiger partial charge in [0.2, 0.25) is 17.6 Å². The lowest BCUT2D eigenvalue weighted by Crippen LogP contribution is -2.44. The zero-order chi connectivity index (χ0) is 17.6. The standard InChI is InChI=1S/C17H21N3O4S/c21-15(20-10-2-1-4-12(20)6-9-16(22)23)8-7-14-18-17(19-24-14)13-5-3-11-25-13/h3,5,11-12H,1-2,4,6-10H2,(H,22,23). The van der Waals surface area contributed by atoms with Crippen molar-refractivity contribution < 1.29 is 19.2 Å². The second-order valence-electron chi connectivity index (χ2n) is 6.16. The number of hydrogen-bond donors (Lipinski definition) is 1. The van der Waals surface area contributed by atoms with E-state index in [-0.39, 0.29) is 18.4 Å². The number of hydrogen-bond acceptors (Lipinski definition) is 6. The van der Waals surface area contributed by atoms with Crippen LogP contribution in [0.5, 0.6) is 0 Å². The van der Waals surface area contributed by atoms with E-state index in [1.807, 2.05) is 22.4 Å². The van der Waals surface area contributed by atoms with E-state index in [1.54, 1.807) is 0 Å². The van der Waals surface area contributed by atoms with Crippen LogP contribution in [0.25, 0.3) is 10.7 Å². The van der Waals surface area contributed by atoms with Gasteiger partial charge in [0.1, 0.15) is 0 Å². The minimum Gasteiger partial charge on any atom is -0.481 e. The van der Waals surface area contributed by atoms with Crippen LogP contribution in [0.15, 0.2) is 22.0 Å². The highest BCUT2D eigenvalue weighted by molar-refractivity contribution is 7.13. The molecule has 1 atom stereocenters. The molecule has 0 aromatic carbocycles. The quantitative estimate of drug-likeness (QED) is 0.812. The number of carboxylic acid groups (broad SMARTS) is 1. The van der Waals surface area contributed by atoms with E-state index in [4.69, 9.17) is 9.63 Å². The largest absolute Gasteiger partial charge is 0.481 e. The molecule has 0 radical (unpaired) electrons. The highest BCUT2D eigenvalue weighted by Gasteiger charge is 2.27. The van der Waals surface area contributed by atoms with Crippen LogP contribution < -0.4 is 0 Å². The molecule has 8 heteroatoms. The maximum absolute atomic E-state index is 12.6. The van der Waals surface area contributed by atoms with E-state index in [2.05, 4.69) is 10.1 Å². The number of aromatic nitrogens is 2. The van der Waals surface area contributed by atoms with Crippen LogP contribution >= 0.6 is 11.3 Å². The van der Waals surface area contributed by atoms with Gasteiger partial charge in [-0.25, -0.2) is 0 Å². The Morgan fingerprint density at radius 1 is 1.36 bits per heavy atom. The second-order valence-corrected chi connectivity index (χ2v) is 7.11. The number of thiophene rings is 1. The van der Waals surface area contributed by atoms with Crippen LogP contribution in [0.4, 0.5) is 0 Å². The van der Waals surface area contributed by atoms with Gasteiger partial charge in [-0.3, -0.25) is 9.59 Å². The number of carbonyl (C=O) groups is 2. The summed E-state index contributed by atoms with van der Waals surface area (Å²) in [6, 6.07) is 3.88. The fourth-order valence-electron chi connectivity index (χ4n) is 3.14. The van der Waals surface area contributed by atoms with Gasteiger partial charge in [-0.05, 0) is 37.1 Å². The molecule has 0 aliphatic carbocycles. The summed E-state index contributed by atoms with van der Waals surface area (Å²) in [5, 5.41) is 14.8. The van der Waals surface area contributed by atoms with Gasteiger partial charge in [-0.15, -0.1) is 11.3 Å². The monoisotopic (exact) mass is 363 g/mol. The number of likely N-dealkylation sites (tertiary alicyclic amines) is 1. The van der Waals surface area contributed by atoms with Crippen molar-refractivity contribution in [3.05, 3.63) is 23.4 Å². The molecule has 25 heavy (non-hydrogen) atoms. The Hall–Kier alpha value is -2.22. The molecule has 1 saturated heterocycles. The Kier molecular flexibility index (Phi) is 5.80. The molecule has 1 amide bonds. The molecule has 0 saturated carbocycles. The molecule has 1 aliphatic heterocycles. The first-order valence-electron chi connectivity index (χ1n) is 8.51. The van der Waals surface area contributed by atoms with Crippen molar-refractivity contribution in [1.82, 2.24) is 15.0 Å². The highest BCUT2D eigenvalue weighted by Crippen LogP contribution is 2.23. The van der Waals surface area contributed by atoms with E-state index in [0.717, 1.165) is 24.1 Å². The lowest BCUT2D eigenvalue weighted by molar-refractivity contribution is -0.140. The van der Waals surface area contributed by atoms with Crippen molar-refractivity contribution in [2.24, 2.45) is 0 Å². The summed E-state index contributed by atoms with van der Waals surface area (Å²) in [6.07, 6.45) is 4.21. The van der Waals surface area contributed by atoms with Crippen molar-refractivity contribution in [3.8, 4) is 10.7 Å². The third-order valence-electron chi connectivity index (χ3n) is 4.40. The molecule has 7 nitrogen and oxygen atoms in total. The number of nitrogens with zero attached hydrogens (tertiary/aromatic N) is 3. The third kappa shape index (κ3) is 4.66. The lowest BCUT2D eigenvalue weighted by Gasteiger charge is -2.35. The van der Waals surface area contributed by atoms with Gasteiger partial charge in [0.05, 0.1) is 4.88 Å². The number of rotatable bonds is 7. The molecule has 1 aliphatic rings. The number of aryl methyl sites for hydroxylation is 1. The number of aliphatic carboxylic acids is 1. The Balaban J connectivity index is 1.54. The Labute approximate surface area is 149 Å². The minimum atomic E-state index is -0.815. The minimum absolute atomic E-state index is 0.0294. The molecule has 134 valence electrons. The molecule has 1 fully saturated rings. The first kappa shape index (κ1) is 17.6. The van der Waals surface area contributed by atoms with Gasteiger partial charge in [-0.2, -0.15) is 4.98 Å². The maximum Gasteiger partial charge on any atom is 0.303 e. The van der Waals surface area contributed by atoms with Crippen LogP contribution in [-0.2, 0) is 16.0 Å². The third-order valence-corrected chi connectivity index (χ3v) is 5.27. The second kappa shape index (κ2) is 8.24. The van der Waals surface area contributed by atoms with Crippen molar-refractivity contribution in [2.75, 3.05) is 6.54 Å². The average molecular weight is 363 g/mol. The number of piperidine rings is 1. The average Bonchev–Trinajstić information content (AvgIpc) is 3.29. The Morgan fingerprint density at radius 3 is 3.00 bits per heavy atom. The van der Waals surface area contributed by atoms with Crippen molar-refractivity contribution in [1.29, 1.82) is 0 Å². The van der Waals surface area contributed by atoms with E-state index in [0.29, 0.717) is 37.5 Å². The summed E-state index contributed by atoms with van der Waals surface area (Å²) in [5.41, 5.74) is 0. The molecule has 0 spiro atoms. The number of carboxylic acids is 1. The van der Waals surface area contributed by atoms with E-state index < -0.39 is 5.97 Å².